The maximum atomic E-state index is 4.52. The molecule has 1 fully saturated rings. The topological polar surface area (TPSA) is 20.6 Å². The molecular formula is C11H24N3. The zero-order valence-corrected chi connectivity index (χ0v) is 9.71. The molecule has 1 rings (SSSR count). The van der Waals surface area contributed by atoms with Crippen LogP contribution in [0.1, 0.15) is 33.1 Å². The first-order chi connectivity index (χ1) is 6.86. The van der Waals surface area contributed by atoms with Gasteiger partial charge in [0.2, 0.25) is 0 Å². The van der Waals surface area contributed by atoms with Crippen LogP contribution in [0.2, 0.25) is 0 Å². The molecule has 0 unspecified atom stereocenters. The van der Waals surface area contributed by atoms with Crippen LogP contribution >= 0.6 is 0 Å². The molecular weight excluding hydrogens is 174 g/mol. The Balaban J connectivity index is 2.05. The van der Waals surface area contributed by atoms with Gasteiger partial charge >= 0.3 is 0 Å². The third-order valence-electron chi connectivity index (χ3n) is 2.70. The van der Waals surface area contributed by atoms with Gasteiger partial charge in [-0.05, 0) is 19.4 Å². The molecule has 0 saturated carbocycles. The average Bonchev–Trinajstić information content (AvgIpc) is 2.25. The third kappa shape index (κ3) is 4.40. The summed E-state index contributed by atoms with van der Waals surface area (Å²) in [5.41, 5.74) is 4.52. The molecule has 1 aliphatic heterocycles. The van der Waals surface area contributed by atoms with Gasteiger partial charge in [0.15, 0.2) is 0 Å². The summed E-state index contributed by atoms with van der Waals surface area (Å²) in [6, 6.07) is 0. The Labute approximate surface area is 88.4 Å². The largest absolute Gasteiger partial charge is 0.301 e. The summed E-state index contributed by atoms with van der Waals surface area (Å²) in [4.78, 5) is 2.56. The Bertz CT molecular complexity index is 114. The summed E-state index contributed by atoms with van der Waals surface area (Å²) in [6.45, 7) is 11.4. The fourth-order valence-electron chi connectivity index (χ4n) is 1.73. The highest BCUT2D eigenvalue weighted by molar-refractivity contribution is 4.68. The minimum absolute atomic E-state index is 0.995. The number of piperazine rings is 1. The average molecular weight is 198 g/mol. The maximum absolute atomic E-state index is 4.52. The molecule has 1 heterocycles. The van der Waals surface area contributed by atoms with Crippen LogP contribution in [0, 0.1) is 0 Å². The highest BCUT2D eigenvalue weighted by atomic mass is 15.5. The normalized spacial score (nSPS) is 20.1. The number of hydrogen-bond acceptors (Lipinski definition) is 2. The van der Waals surface area contributed by atoms with E-state index in [1.807, 2.05) is 0 Å². The van der Waals surface area contributed by atoms with E-state index in [1.165, 1.54) is 32.5 Å². The standard InChI is InChI=1S/C11H24N3/c1-3-5-7-13-8-10-14(11-9-13)12-6-4-2/h3-11H2,1-2H3. The van der Waals surface area contributed by atoms with Crippen LogP contribution in [0.3, 0.4) is 0 Å². The van der Waals surface area contributed by atoms with E-state index in [0.717, 1.165) is 26.1 Å². The summed E-state index contributed by atoms with van der Waals surface area (Å²) < 4.78 is 0. The van der Waals surface area contributed by atoms with Crippen LogP contribution in [-0.2, 0) is 0 Å². The van der Waals surface area contributed by atoms with Crippen LogP contribution < -0.4 is 5.43 Å². The van der Waals surface area contributed by atoms with Gasteiger partial charge in [-0.1, -0.05) is 20.3 Å². The van der Waals surface area contributed by atoms with Crippen molar-refractivity contribution in [1.82, 2.24) is 15.3 Å². The van der Waals surface area contributed by atoms with Crippen molar-refractivity contribution in [2.75, 3.05) is 39.3 Å². The van der Waals surface area contributed by atoms with Crippen LogP contribution in [0.25, 0.3) is 0 Å². The van der Waals surface area contributed by atoms with Gasteiger partial charge in [-0.3, -0.25) is 0 Å². The van der Waals surface area contributed by atoms with Crippen molar-refractivity contribution in [3.05, 3.63) is 0 Å². The first-order valence-electron chi connectivity index (χ1n) is 6.01. The quantitative estimate of drug-likeness (QED) is 0.642. The summed E-state index contributed by atoms with van der Waals surface area (Å²) in [7, 11) is 0. The van der Waals surface area contributed by atoms with Crippen LogP contribution in [-0.4, -0.2) is 49.2 Å². The molecule has 0 aromatic rings. The number of hydrogen-bond donors (Lipinski definition) is 0. The molecule has 1 radical (unpaired) electrons. The van der Waals surface area contributed by atoms with Crippen molar-refractivity contribution in [3.8, 4) is 0 Å². The van der Waals surface area contributed by atoms with Gasteiger partial charge in [0.05, 0.1) is 0 Å². The van der Waals surface area contributed by atoms with Crippen molar-refractivity contribution in [1.29, 1.82) is 0 Å². The molecule has 1 aliphatic rings. The van der Waals surface area contributed by atoms with E-state index >= 15 is 0 Å². The van der Waals surface area contributed by atoms with E-state index in [9.17, 15) is 0 Å². The fraction of sp³-hybridized carbons (Fsp3) is 1.00. The smallest absolute Gasteiger partial charge is 0.0304 e. The van der Waals surface area contributed by atoms with Crippen molar-refractivity contribution in [2.45, 2.75) is 33.1 Å². The van der Waals surface area contributed by atoms with E-state index in [0.29, 0.717) is 0 Å². The molecule has 1 saturated heterocycles. The van der Waals surface area contributed by atoms with Crippen LogP contribution in [0.4, 0.5) is 0 Å². The van der Waals surface area contributed by atoms with E-state index in [-0.39, 0.29) is 0 Å². The van der Waals surface area contributed by atoms with Gasteiger partial charge in [0.25, 0.3) is 0 Å². The molecule has 83 valence electrons. The highest BCUT2D eigenvalue weighted by Gasteiger charge is 2.15. The van der Waals surface area contributed by atoms with Gasteiger partial charge < -0.3 is 4.90 Å². The van der Waals surface area contributed by atoms with E-state index in [2.05, 4.69) is 29.2 Å². The lowest BCUT2D eigenvalue weighted by atomic mass is 10.3. The van der Waals surface area contributed by atoms with Gasteiger partial charge in [-0.25, -0.2) is 5.01 Å². The van der Waals surface area contributed by atoms with E-state index < -0.39 is 0 Å². The molecule has 3 nitrogen and oxygen atoms in total. The third-order valence-corrected chi connectivity index (χ3v) is 2.70. The number of nitrogens with zero attached hydrogens (tertiary/aromatic N) is 3. The summed E-state index contributed by atoms with van der Waals surface area (Å²) >= 11 is 0. The second-order valence-corrected chi connectivity index (χ2v) is 4.01. The Kier molecular flexibility index (Phi) is 6.15. The number of rotatable bonds is 6. The molecule has 0 aromatic carbocycles. The molecule has 14 heavy (non-hydrogen) atoms. The maximum Gasteiger partial charge on any atom is 0.0304 e. The summed E-state index contributed by atoms with van der Waals surface area (Å²) in [5, 5.41) is 2.24. The molecule has 3 heteroatoms. The van der Waals surface area contributed by atoms with Crippen LogP contribution in [0.5, 0.6) is 0 Å². The Morgan fingerprint density at radius 1 is 1.00 bits per heavy atom. The van der Waals surface area contributed by atoms with Crippen molar-refractivity contribution < 1.29 is 0 Å². The molecule has 0 N–H and O–H groups in total. The van der Waals surface area contributed by atoms with Crippen molar-refractivity contribution in [3.63, 3.8) is 0 Å². The van der Waals surface area contributed by atoms with E-state index in [1.54, 1.807) is 0 Å². The molecule has 0 amide bonds. The lowest BCUT2D eigenvalue weighted by Crippen LogP contribution is -2.49. The van der Waals surface area contributed by atoms with Gasteiger partial charge in [0, 0.05) is 32.7 Å². The molecule has 0 aromatic heterocycles. The Morgan fingerprint density at radius 2 is 1.71 bits per heavy atom. The van der Waals surface area contributed by atoms with Crippen molar-refractivity contribution >= 4 is 0 Å². The predicted octanol–water partition coefficient (Wildman–Crippen LogP) is 1.33. The minimum atomic E-state index is 0.995. The Morgan fingerprint density at radius 3 is 2.29 bits per heavy atom. The van der Waals surface area contributed by atoms with E-state index in [4.69, 9.17) is 0 Å². The second kappa shape index (κ2) is 7.21. The summed E-state index contributed by atoms with van der Waals surface area (Å²) in [5.74, 6) is 0. The van der Waals surface area contributed by atoms with Gasteiger partial charge in [-0.15, -0.1) is 0 Å². The molecule has 0 spiro atoms. The molecule has 0 bridgehead atoms. The first kappa shape index (κ1) is 12.0. The fourth-order valence-corrected chi connectivity index (χ4v) is 1.73. The monoisotopic (exact) mass is 198 g/mol. The van der Waals surface area contributed by atoms with Gasteiger partial charge in [0.1, 0.15) is 0 Å². The van der Waals surface area contributed by atoms with Crippen LogP contribution in [0.15, 0.2) is 0 Å². The lowest BCUT2D eigenvalue weighted by molar-refractivity contribution is 0.0848. The zero-order chi connectivity index (χ0) is 10.2. The first-order valence-corrected chi connectivity index (χ1v) is 6.01. The summed E-state index contributed by atoms with van der Waals surface area (Å²) in [6.07, 6.45) is 3.81. The predicted molar refractivity (Wildman–Crippen MR) is 60.2 cm³/mol. The molecule has 0 atom stereocenters. The molecule has 0 aliphatic carbocycles. The lowest BCUT2D eigenvalue weighted by Gasteiger charge is -2.33. The van der Waals surface area contributed by atoms with Crippen molar-refractivity contribution in [2.24, 2.45) is 0 Å². The minimum Gasteiger partial charge on any atom is -0.301 e. The zero-order valence-electron chi connectivity index (χ0n) is 9.71. The highest BCUT2D eigenvalue weighted by Crippen LogP contribution is 2.01. The number of unbranched alkanes of at least 4 members (excludes halogenated alkanes) is 1. The van der Waals surface area contributed by atoms with Gasteiger partial charge in [-0.2, -0.15) is 5.43 Å². The second-order valence-electron chi connectivity index (χ2n) is 4.01. The Hall–Kier alpha value is -0.120. The SMILES string of the molecule is CCCCN1CCN([N]CCC)CC1.